The molecule has 1 aliphatic carbocycles. The fourth-order valence-electron chi connectivity index (χ4n) is 2.01. The minimum Gasteiger partial charge on any atom is -0.497 e. The van der Waals surface area contributed by atoms with Gasteiger partial charge in [-0.3, -0.25) is 0 Å². The van der Waals surface area contributed by atoms with Crippen LogP contribution in [0.15, 0.2) is 18.2 Å². The monoisotopic (exact) mass is 177 g/mol. The van der Waals surface area contributed by atoms with E-state index in [1.807, 2.05) is 13.1 Å². The van der Waals surface area contributed by atoms with Crippen molar-refractivity contribution in [2.24, 2.45) is 0 Å². The Morgan fingerprint density at radius 1 is 1.46 bits per heavy atom. The van der Waals surface area contributed by atoms with Crippen LogP contribution in [0.25, 0.3) is 0 Å². The molecule has 0 heterocycles. The molecule has 70 valence electrons. The number of hydrogen-bond donors (Lipinski definition) is 1. The maximum absolute atomic E-state index is 5.20. The van der Waals surface area contributed by atoms with E-state index in [0.717, 1.165) is 5.75 Å². The van der Waals surface area contributed by atoms with E-state index in [1.165, 1.54) is 24.0 Å². The zero-order chi connectivity index (χ0) is 9.26. The van der Waals surface area contributed by atoms with Crippen LogP contribution < -0.4 is 10.1 Å². The van der Waals surface area contributed by atoms with Gasteiger partial charge in [0.15, 0.2) is 0 Å². The Balaban J connectivity index is 2.37. The van der Waals surface area contributed by atoms with Crippen LogP contribution in [0.1, 0.15) is 23.6 Å². The van der Waals surface area contributed by atoms with Crippen molar-refractivity contribution in [2.75, 3.05) is 14.2 Å². The second-order valence-corrected chi connectivity index (χ2v) is 3.44. The van der Waals surface area contributed by atoms with Crippen LogP contribution in [0.5, 0.6) is 5.75 Å². The summed E-state index contributed by atoms with van der Waals surface area (Å²) in [6.07, 6.45) is 2.39. The Morgan fingerprint density at radius 3 is 3.00 bits per heavy atom. The van der Waals surface area contributed by atoms with Gasteiger partial charge in [0.1, 0.15) is 5.75 Å². The predicted octanol–water partition coefficient (Wildman–Crippen LogP) is 1.90. The largest absolute Gasteiger partial charge is 0.497 e. The van der Waals surface area contributed by atoms with Gasteiger partial charge in [-0.1, -0.05) is 6.07 Å². The van der Waals surface area contributed by atoms with Crippen molar-refractivity contribution in [1.29, 1.82) is 0 Å². The lowest BCUT2D eigenvalue weighted by molar-refractivity contribution is 0.413. The average Bonchev–Trinajstić information content (AvgIpc) is 2.59. The normalized spacial score (nSPS) is 20.0. The Hall–Kier alpha value is -1.02. The minimum atomic E-state index is 0.519. The van der Waals surface area contributed by atoms with E-state index in [9.17, 15) is 0 Å². The van der Waals surface area contributed by atoms with Crippen molar-refractivity contribution in [3.8, 4) is 5.75 Å². The maximum atomic E-state index is 5.20. The average molecular weight is 177 g/mol. The van der Waals surface area contributed by atoms with Gasteiger partial charge in [-0.15, -0.1) is 0 Å². The Labute approximate surface area is 78.9 Å². The first kappa shape index (κ1) is 8.57. The molecular weight excluding hydrogens is 162 g/mol. The summed E-state index contributed by atoms with van der Waals surface area (Å²) in [6.45, 7) is 0. The van der Waals surface area contributed by atoms with Crippen LogP contribution in [0.3, 0.4) is 0 Å². The molecule has 2 nitrogen and oxygen atoms in total. The molecule has 0 bridgehead atoms. The van der Waals surface area contributed by atoms with Crippen LogP contribution in [-0.4, -0.2) is 14.2 Å². The summed E-state index contributed by atoms with van der Waals surface area (Å²) in [5, 5.41) is 3.32. The lowest BCUT2D eigenvalue weighted by Gasteiger charge is -2.10. The maximum Gasteiger partial charge on any atom is 0.119 e. The lowest BCUT2D eigenvalue weighted by Crippen LogP contribution is -2.12. The molecule has 0 radical (unpaired) electrons. The number of nitrogens with one attached hydrogen (secondary N) is 1. The smallest absolute Gasteiger partial charge is 0.119 e. The molecule has 0 amide bonds. The van der Waals surface area contributed by atoms with Gasteiger partial charge in [0.05, 0.1) is 7.11 Å². The first-order chi connectivity index (χ1) is 6.35. The highest BCUT2D eigenvalue weighted by atomic mass is 16.5. The molecule has 2 rings (SSSR count). The second kappa shape index (κ2) is 3.38. The number of rotatable bonds is 2. The molecule has 1 atom stereocenters. The van der Waals surface area contributed by atoms with Crippen molar-refractivity contribution in [1.82, 2.24) is 5.32 Å². The molecule has 0 saturated carbocycles. The highest BCUT2D eigenvalue weighted by Crippen LogP contribution is 2.33. The highest BCUT2D eigenvalue weighted by molar-refractivity contribution is 5.40. The van der Waals surface area contributed by atoms with E-state index in [-0.39, 0.29) is 0 Å². The van der Waals surface area contributed by atoms with Crippen molar-refractivity contribution in [3.05, 3.63) is 29.3 Å². The van der Waals surface area contributed by atoms with Gasteiger partial charge < -0.3 is 10.1 Å². The van der Waals surface area contributed by atoms with E-state index in [0.29, 0.717) is 6.04 Å². The quantitative estimate of drug-likeness (QED) is 0.745. The molecule has 0 saturated heterocycles. The molecular formula is C11H15NO. The Morgan fingerprint density at radius 2 is 2.31 bits per heavy atom. The Kier molecular flexibility index (Phi) is 2.23. The van der Waals surface area contributed by atoms with E-state index >= 15 is 0 Å². The summed E-state index contributed by atoms with van der Waals surface area (Å²) in [7, 11) is 3.73. The number of ether oxygens (including phenoxy) is 1. The number of methoxy groups -OCH3 is 1. The zero-order valence-corrected chi connectivity index (χ0v) is 8.13. The Bertz CT molecular complexity index is 309. The van der Waals surface area contributed by atoms with Crippen molar-refractivity contribution < 1.29 is 4.74 Å². The summed E-state index contributed by atoms with van der Waals surface area (Å²) in [4.78, 5) is 0. The van der Waals surface area contributed by atoms with Gasteiger partial charge >= 0.3 is 0 Å². The van der Waals surface area contributed by atoms with Crippen molar-refractivity contribution in [2.45, 2.75) is 18.9 Å². The molecule has 1 aromatic rings. The number of aryl methyl sites for hydroxylation is 1. The van der Waals surface area contributed by atoms with E-state index in [1.54, 1.807) is 7.11 Å². The third-order valence-electron chi connectivity index (χ3n) is 2.78. The fourth-order valence-corrected chi connectivity index (χ4v) is 2.01. The van der Waals surface area contributed by atoms with Gasteiger partial charge in [-0.2, -0.15) is 0 Å². The molecule has 0 aromatic heterocycles. The third kappa shape index (κ3) is 1.42. The van der Waals surface area contributed by atoms with Crippen LogP contribution in [0.4, 0.5) is 0 Å². The van der Waals surface area contributed by atoms with E-state index < -0.39 is 0 Å². The molecule has 0 spiro atoms. The van der Waals surface area contributed by atoms with Crippen LogP contribution in [-0.2, 0) is 6.42 Å². The standard InChI is InChI=1S/C11H15NO/c1-12-11-6-4-8-3-5-9(13-2)7-10(8)11/h3,5,7,11-12H,4,6H2,1-2H3. The highest BCUT2D eigenvalue weighted by Gasteiger charge is 2.20. The predicted molar refractivity (Wildman–Crippen MR) is 53.1 cm³/mol. The molecule has 2 heteroatoms. The van der Waals surface area contributed by atoms with Crippen LogP contribution in [0, 0.1) is 0 Å². The summed E-state index contributed by atoms with van der Waals surface area (Å²) < 4.78 is 5.20. The second-order valence-electron chi connectivity index (χ2n) is 3.44. The topological polar surface area (TPSA) is 21.3 Å². The third-order valence-corrected chi connectivity index (χ3v) is 2.78. The zero-order valence-electron chi connectivity index (χ0n) is 8.13. The SMILES string of the molecule is CNC1CCc2ccc(OC)cc21. The van der Waals surface area contributed by atoms with Gasteiger partial charge in [-0.05, 0) is 43.1 Å². The first-order valence-electron chi connectivity index (χ1n) is 4.69. The molecule has 13 heavy (non-hydrogen) atoms. The van der Waals surface area contributed by atoms with Crippen LogP contribution in [0.2, 0.25) is 0 Å². The van der Waals surface area contributed by atoms with E-state index in [4.69, 9.17) is 4.74 Å². The van der Waals surface area contributed by atoms with Crippen LogP contribution >= 0.6 is 0 Å². The van der Waals surface area contributed by atoms with E-state index in [2.05, 4.69) is 17.4 Å². The summed E-state index contributed by atoms with van der Waals surface area (Å²) in [5.74, 6) is 0.959. The van der Waals surface area contributed by atoms with Crippen molar-refractivity contribution in [3.63, 3.8) is 0 Å². The number of benzene rings is 1. The lowest BCUT2D eigenvalue weighted by atomic mass is 10.1. The summed E-state index contributed by atoms with van der Waals surface area (Å²) in [5.41, 5.74) is 2.86. The molecule has 1 N–H and O–H groups in total. The molecule has 1 aliphatic rings. The summed E-state index contributed by atoms with van der Waals surface area (Å²) in [6, 6.07) is 6.87. The summed E-state index contributed by atoms with van der Waals surface area (Å²) >= 11 is 0. The van der Waals surface area contributed by atoms with Gasteiger partial charge in [0.25, 0.3) is 0 Å². The molecule has 0 fully saturated rings. The van der Waals surface area contributed by atoms with Gasteiger partial charge in [-0.25, -0.2) is 0 Å². The molecule has 1 aromatic carbocycles. The minimum absolute atomic E-state index is 0.519. The van der Waals surface area contributed by atoms with Gasteiger partial charge in [0, 0.05) is 6.04 Å². The molecule has 0 aliphatic heterocycles. The number of fused-ring (bicyclic) bond motifs is 1. The molecule has 1 unspecified atom stereocenters. The van der Waals surface area contributed by atoms with Crippen molar-refractivity contribution >= 4 is 0 Å². The first-order valence-corrected chi connectivity index (χ1v) is 4.69. The number of hydrogen-bond acceptors (Lipinski definition) is 2. The fraction of sp³-hybridized carbons (Fsp3) is 0.455. The van der Waals surface area contributed by atoms with Gasteiger partial charge in [0.2, 0.25) is 0 Å².